The van der Waals surface area contributed by atoms with Crippen molar-refractivity contribution in [2.75, 3.05) is 0 Å². The van der Waals surface area contributed by atoms with Gasteiger partial charge >= 0.3 is 0 Å². The van der Waals surface area contributed by atoms with Crippen LogP contribution in [0.25, 0.3) is 0 Å². The molecule has 1 heterocycles. The van der Waals surface area contributed by atoms with Gasteiger partial charge in [-0.2, -0.15) is 0 Å². The fraction of sp³-hybridized carbons (Fsp3) is 0.167. The molecule has 0 spiro atoms. The van der Waals surface area contributed by atoms with Crippen LogP contribution in [0.4, 0.5) is 0 Å². The maximum atomic E-state index is 9.79. The number of nitrogens with zero attached hydrogens (tertiary/aromatic N) is 2. The Morgan fingerprint density at radius 1 is 1.64 bits per heavy atom. The van der Waals surface area contributed by atoms with E-state index >= 15 is 0 Å². The van der Waals surface area contributed by atoms with E-state index in [4.69, 9.17) is 0 Å². The van der Waals surface area contributed by atoms with Crippen molar-refractivity contribution in [1.82, 2.24) is 9.97 Å². The van der Waals surface area contributed by atoms with E-state index in [0.717, 1.165) is 0 Å². The number of halogens is 1. The molecule has 0 aliphatic carbocycles. The Hall–Kier alpha value is -0.970. The highest BCUT2D eigenvalue weighted by molar-refractivity contribution is 9.10. The first-order valence-electron chi connectivity index (χ1n) is 2.84. The Labute approximate surface area is 71.7 Å². The van der Waals surface area contributed by atoms with Crippen LogP contribution in [-0.4, -0.2) is 16.4 Å². The molecule has 0 aliphatic rings. The summed E-state index contributed by atoms with van der Waals surface area (Å²) in [5, 5.41) is 0. The first kappa shape index (κ1) is 8.13. The minimum atomic E-state index is 0.185. The van der Waals surface area contributed by atoms with Crippen molar-refractivity contribution < 1.29 is 9.53 Å². The van der Waals surface area contributed by atoms with E-state index in [1.165, 1.54) is 6.33 Å². The second-order valence-electron chi connectivity index (χ2n) is 1.74. The third-order valence-electron chi connectivity index (χ3n) is 0.990. The van der Waals surface area contributed by atoms with Gasteiger partial charge in [-0.3, -0.25) is 4.79 Å². The molecule has 1 aromatic rings. The molecule has 0 unspecified atom stereocenters. The fourth-order valence-electron chi connectivity index (χ4n) is 0.569. The lowest BCUT2D eigenvalue weighted by atomic mass is 10.4. The summed E-state index contributed by atoms with van der Waals surface area (Å²) in [5.74, 6) is 0. The number of hydrogen-bond acceptors (Lipinski definition) is 4. The van der Waals surface area contributed by atoms with E-state index in [0.29, 0.717) is 16.8 Å². The minimum Gasteiger partial charge on any atom is -0.461 e. The smallest absolute Gasteiger partial charge is 0.293 e. The predicted octanol–water partition coefficient (Wildman–Crippen LogP) is 0.912. The lowest BCUT2D eigenvalue weighted by molar-refractivity contribution is -0.129. The molecular weight excluding hydrogens is 212 g/mol. The van der Waals surface area contributed by atoms with E-state index in [1.54, 1.807) is 6.07 Å². The summed E-state index contributed by atoms with van der Waals surface area (Å²) in [7, 11) is 0. The molecule has 0 saturated heterocycles. The average molecular weight is 217 g/mol. The first-order chi connectivity index (χ1) is 5.33. The van der Waals surface area contributed by atoms with Crippen molar-refractivity contribution in [3.63, 3.8) is 0 Å². The predicted molar refractivity (Wildman–Crippen MR) is 40.6 cm³/mol. The van der Waals surface area contributed by atoms with E-state index in [-0.39, 0.29) is 6.61 Å². The SMILES string of the molecule is O=COCc1cc(Br)ncn1. The van der Waals surface area contributed by atoms with Gasteiger partial charge in [0.15, 0.2) is 0 Å². The second-order valence-corrected chi connectivity index (χ2v) is 2.55. The summed E-state index contributed by atoms with van der Waals surface area (Å²) in [6.45, 7) is 0.570. The van der Waals surface area contributed by atoms with Crippen LogP contribution in [0.1, 0.15) is 5.69 Å². The highest BCUT2D eigenvalue weighted by atomic mass is 79.9. The summed E-state index contributed by atoms with van der Waals surface area (Å²) in [5.41, 5.74) is 0.666. The van der Waals surface area contributed by atoms with Crippen molar-refractivity contribution in [3.8, 4) is 0 Å². The normalized spacial score (nSPS) is 9.18. The zero-order chi connectivity index (χ0) is 8.10. The van der Waals surface area contributed by atoms with Crippen LogP contribution in [0.15, 0.2) is 17.0 Å². The van der Waals surface area contributed by atoms with Gasteiger partial charge in [0, 0.05) is 0 Å². The van der Waals surface area contributed by atoms with E-state index in [9.17, 15) is 4.79 Å². The van der Waals surface area contributed by atoms with Crippen molar-refractivity contribution in [2.45, 2.75) is 6.61 Å². The van der Waals surface area contributed by atoms with Gasteiger partial charge in [0.2, 0.25) is 0 Å². The molecule has 0 N–H and O–H groups in total. The summed E-state index contributed by atoms with van der Waals surface area (Å²) >= 11 is 3.16. The topological polar surface area (TPSA) is 52.1 Å². The Bertz CT molecular complexity index is 254. The highest BCUT2D eigenvalue weighted by Gasteiger charge is 1.94. The van der Waals surface area contributed by atoms with Crippen molar-refractivity contribution >= 4 is 22.4 Å². The average Bonchev–Trinajstić information content (AvgIpc) is 2.01. The quantitative estimate of drug-likeness (QED) is 0.557. The zero-order valence-corrected chi connectivity index (χ0v) is 7.11. The van der Waals surface area contributed by atoms with E-state index in [1.807, 2.05) is 0 Å². The Morgan fingerprint density at radius 2 is 2.45 bits per heavy atom. The number of aromatic nitrogens is 2. The molecular formula is C6H5BrN2O2. The molecule has 0 saturated carbocycles. The van der Waals surface area contributed by atoms with Gasteiger partial charge in [-0.25, -0.2) is 9.97 Å². The third-order valence-corrected chi connectivity index (χ3v) is 1.42. The fourth-order valence-corrected chi connectivity index (χ4v) is 0.924. The highest BCUT2D eigenvalue weighted by Crippen LogP contribution is 2.05. The molecule has 0 fully saturated rings. The van der Waals surface area contributed by atoms with E-state index in [2.05, 4.69) is 30.6 Å². The van der Waals surface area contributed by atoms with Gasteiger partial charge in [0.1, 0.15) is 17.5 Å². The molecule has 0 aliphatic heterocycles. The molecule has 1 aromatic heterocycles. The molecule has 0 atom stereocenters. The lowest BCUT2D eigenvalue weighted by Gasteiger charge is -1.96. The summed E-state index contributed by atoms with van der Waals surface area (Å²) in [6, 6.07) is 1.68. The zero-order valence-electron chi connectivity index (χ0n) is 5.53. The van der Waals surface area contributed by atoms with Crippen LogP contribution in [0, 0.1) is 0 Å². The van der Waals surface area contributed by atoms with Gasteiger partial charge < -0.3 is 4.74 Å². The lowest BCUT2D eigenvalue weighted by Crippen LogP contribution is -1.94. The molecule has 0 radical (unpaired) electrons. The number of rotatable bonds is 3. The molecule has 5 heteroatoms. The van der Waals surface area contributed by atoms with Crippen LogP contribution in [0.2, 0.25) is 0 Å². The van der Waals surface area contributed by atoms with Gasteiger partial charge in [0.05, 0.1) is 5.69 Å². The maximum absolute atomic E-state index is 9.79. The van der Waals surface area contributed by atoms with Crippen LogP contribution in [0.3, 0.4) is 0 Å². The molecule has 58 valence electrons. The molecule has 0 bridgehead atoms. The number of carbonyl (C=O) groups excluding carboxylic acids is 1. The molecule has 4 nitrogen and oxygen atoms in total. The minimum absolute atomic E-state index is 0.185. The van der Waals surface area contributed by atoms with Gasteiger partial charge in [0.25, 0.3) is 6.47 Å². The van der Waals surface area contributed by atoms with Gasteiger partial charge in [-0.15, -0.1) is 0 Å². The number of carbonyl (C=O) groups is 1. The first-order valence-corrected chi connectivity index (χ1v) is 3.64. The van der Waals surface area contributed by atoms with Crippen molar-refractivity contribution in [1.29, 1.82) is 0 Å². The van der Waals surface area contributed by atoms with E-state index < -0.39 is 0 Å². The van der Waals surface area contributed by atoms with Gasteiger partial charge in [-0.05, 0) is 22.0 Å². The Morgan fingerprint density at radius 3 is 3.09 bits per heavy atom. The van der Waals surface area contributed by atoms with Crippen LogP contribution in [-0.2, 0) is 16.1 Å². The Kier molecular flexibility index (Phi) is 2.97. The standard InChI is InChI=1S/C6H5BrN2O2/c7-6-1-5(2-11-4-10)8-3-9-6/h1,3-4H,2H2. The number of hydrogen-bond donors (Lipinski definition) is 0. The third kappa shape index (κ3) is 2.63. The van der Waals surface area contributed by atoms with Crippen molar-refractivity contribution in [2.24, 2.45) is 0 Å². The molecule has 0 aromatic carbocycles. The van der Waals surface area contributed by atoms with Crippen LogP contribution in [0.5, 0.6) is 0 Å². The molecule has 0 amide bonds. The number of ether oxygens (including phenoxy) is 1. The summed E-state index contributed by atoms with van der Waals surface area (Å²) < 4.78 is 5.16. The maximum Gasteiger partial charge on any atom is 0.293 e. The largest absolute Gasteiger partial charge is 0.461 e. The van der Waals surface area contributed by atoms with Crippen LogP contribution < -0.4 is 0 Å². The summed E-state index contributed by atoms with van der Waals surface area (Å²) in [6.07, 6.45) is 1.40. The summed E-state index contributed by atoms with van der Waals surface area (Å²) in [4.78, 5) is 17.4. The van der Waals surface area contributed by atoms with Gasteiger partial charge in [-0.1, -0.05) is 0 Å². The molecule has 11 heavy (non-hydrogen) atoms. The Balaban J connectivity index is 2.63. The monoisotopic (exact) mass is 216 g/mol. The molecule has 1 rings (SSSR count). The van der Waals surface area contributed by atoms with Crippen LogP contribution >= 0.6 is 15.9 Å². The van der Waals surface area contributed by atoms with Crippen molar-refractivity contribution in [3.05, 3.63) is 22.7 Å². The second kappa shape index (κ2) is 4.02.